The van der Waals surface area contributed by atoms with Crippen molar-refractivity contribution in [3.63, 3.8) is 0 Å². The Hall–Kier alpha value is -1.07. The van der Waals surface area contributed by atoms with E-state index >= 15 is 0 Å². The summed E-state index contributed by atoms with van der Waals surface area (Å²) in [5, 5.41) is 9.16. The third-order valence-electron chi connectivity index (χ3n) is 3.86. The van der Waals surface area contributed by atoms with E-state index in [1.807, 2.05) is 0 Å². The first-order chi connectivity index (χ1) is 11.1. The monoisotopic (exact) mass is 342 g/mol. The summed E-state index contributed by atoms with van der Waals surface area (Å²) in [6, 6.07) is 5.39. The highest BCUT2D eigenvalue weighted by Crippen LogP contribution is 2.17. The van der Waals surface area contributed by atoms with Gasteiger partial charge in [-0.15, -0.1) is 0 Å². The van der Waals surface area contributed by atoms with Crippen LogP contribution in [0.5, 0.6) is 5.75 Å². The van der Waals surface area contributed by atoms with Gasteiger partial charge in [-0.05, 0) is 30.7 Å². The van der Waals surface area contributed by atoms with Gasteiger partial charge in [-0.25, -0.2) is 0 Å². The van der Waals surface area contributed by atoms with Gasteiger partial charge in [0.05, 0.1) is 11.5 Å². The molecule has 0 fully saturated rings. The van der Waals surface area contributed by atoms with Gasteiger partial charge >= 0.3 is 0 Å². The van der Waals surface area contributed by atoms with E-state index < -0.39 is 10.1 Å². The average Bonchev–Trinajstić information content (AvgIpc) is 2.53. The molecular weight excluding hydrogens is 312 g/mol. The van der Waals surface area contributed by atoms with Crippen LogP contribution in [-0.4, -0.2) is 20.1 Å². The lowest BCUT2D eigenvalue weighted by Crippen LogP contribution is -2.07. The van der Waals surface area contributed by atoms with Gasteiger partial charge < -0.3 is 5.11 Å². The molecule has 4 nitrogen and oxygen atoms in total. The normalized spacial score (nSPS) is 11.7. The summed E-state index contributed by atoms with van der Waals surface area (Å²) in [5.74, 6) is 0.0404. The molecule has 0 atom stereocenters. The molecule has 0 radical (unpaired) electrons. The van der Waals surface area contributed by atoms with Crippen molar-refractivity contribution in [2.24, 2.45) is 0 Å². The van der Waals surface area contributed by atoms with Crippen molar-refractivity contribution in [2.45, 2.75) is 76.0 Å². The quantitative estimate of drug-likeness (QED) is 0.404. The zero-order valence-electron chi connectivity index (χ0n) is 14.2. The van der Waals surface area contributed by atoms with E-state index in [9.17, 15) is 8.42 Å². The van der Waals surface area contributed by atoms with Gasteiger partial charge in [-0.3, -0.25) is 4.18 Å². The first kappa shape index (κ1) is 20.0. The van der Waals surface area contributed by atoms with Crippen LogP contribution in [0.1, 0.15) is 71.1 Å². The molecule has 1 aromatic carbocycles. The maximum Gasteiger partial charge on any atom is 0.296 e. The van der Waals surface area contributed by atoms with Crippen LogP contribution in [0.4, 0.5) is 0 Å². The number of phenols is 1. The van der Waals surface area contributed by atoms with E-state index in [0.717, 1.165) is 19.3 Å². The Morgan fingerprint density at radius 2 is 1.30 bits per heavy atom. The fraction of sp³-hybridized carbons (Fsp3) is 0.667. The molecule has 0 amide bonds. The average molecular weight is 343 g/mol. The molecule has 0 aliphatic rings. The van der Waals surface area contributed by atoms with Crippen molar-refractivity contribution < 1.29 is 17.7 Å². The van der Waals surface area contributed by atoms with Crippen molar-refractivity contribution >= 4 is 10.1 Å². The molecule has 0 aliphatic carbocycles. The van der Waals surface area contributed by atoms with Crippen LogP contribution in [0.3, 0.4) is 0 Å². The lowest BCUT2D eigenvalue weighted by atomic mass is 10.1. The lowest BCUT2D eigenvalue weighted by molar-refractivity contribution is 0.306. The predicted molar refractivity (Wildman–Crippen MR) is 93.1 cm³/mol. The summed E-state index contributed by atoms with van der Waals surface area (Å²) >= 11 is 0. The van der Waals surface area contributed by atoms with Crippen LogP contribution < -0.4 is 0 Å². The summed E-state index contributed by atoms with van der Waals surface area (Å²) < 4.78 is 28.8. The van der Waals surface area contributed by atoms with Crippen molar-refractivity contribution in [3.8, 4) is 5.75 Å². The van der Waals surface area contributed by atoms with Gasteiger partial charge in [0, 0.05) is 0 Å². The Morgan fingerprint density at radius 1 is 0.826 bits per heavy atom. The first-order valence-electron chi connectivity index (χ1n) is 8.74. The topological polar surface area (TPSA) is 63.6 Å². The van der Waals surface area contributed by atoms with Crippen LogP contribution in [0.2, 0.25) is 0 Å². The van der Waals surface area contributed by atoms with Crippen LogP contribution in [0, 0.1) is 0 Å². The van der Waals surface area contributed by atoms with Crippen molar-refractivity contribution in [3.05, 3.63) is 24.3 Å². The SMILES string of the molecule is CCCCCCCCCCCCOS(=O)(=O)c1ccc(O)cc1. The van der Waals surface area contributed by atoms with E-state index in [4.69, 9.17) is 9.29 Å². The van der Waals surface area contributed by atoms with Gasteiger partial charge in [0.25, 0.3) is 10.1 Å². The molecule has 0 heterocycles. The van der Waals surface area contributed by atoms with Crippen molar-refractivity contribution in [1.82, 2.24) is 0 Å². The molecule has 1 rings (SSSR count). The molecule has 132 valence electrons. The maximum atomic E-state index is 11.9. The number of rotatable bonds is 13. The third kappa shape index (κ3) is 8.96. The van der Waals surface area contributed by atoms with Gasteiger partial charge in [-0.1, -0.05) is 64.7 Å². The highest BCUT2D eigenvalue weighted by Gasteiger charge is 2.14. The van der Waals surface area contributed by atoms with Crippen LogP contribution in [0.25, 0.3) is 0 Å². The standard InChI is InChI=1S/C18H30O4S/c1-2-3-4-5-6-7-8-9-10-11-16-22-23(20,21)18-14-12-17(19)13-15-18/h12-15,19H,2-11,16H2,1H3. The number of phenolic OH excluding ortho intramolecular Hbond substituents is 1. The summed E-state index contributed by atoms with van der Waals surface area (Å²) in [5.41, 5.74) is 0. The maximum absolute atomic E-state index is 11.9. The van der Waals surface area contributed by atoms with Gasteiger partial charge in [-0.2, -0.15) is 8.42 Å². The second-order valence-electron chi connectivity index (χ2n) is 5.95. The fourth-order valence-electron chi connectivity index (χ4n) is 2.44. The third-order valence-corrected chi connectivity index (χ3v) is 5.19. The van der Waals surface area contributed by atoms with E-state index in [1.54, 1.807) is 0 Å². The minimum absolute atomic E-state index is 0.0404. The Labute approximate surface area is 141 Å². The molecule has 0 saturated carbocycles. The van der Waals surface area contributed by atoms with E-state index in [0.29, 0.717) is 0 Å². The molecule has 5 heteroatoms. The van der Waals surface area contributed by atoms with Crippen LogP contribution >= 0.6 is 0 Å². The number of benzene rings is 1. The molecule has 1 N–H and O–H groups in total. The molecule has 23 heavy (non-hydrogen) atoms. The Morgan fingerprint density at radius 3 is 1.83 bits per heavy atom. The molecule has 0 aromatic heterocycles. The Balaban J connectivity index is 2.05. The fourth-order valence-corrected chi connectivity index (χ4v) is 3.38. The van der Waals surface area contributed by atoms with Gasteiger partial charge in [0.2, 0.25) is 0 Å². The summed E-state index contributed by atoms with van der Waals surface area (Å²) in [7, 11) is -3.70. The molecule has 0 saturated heterocycles. The first-order valence-corrected chi connectivity index (χ1v) is 10.2. The predicted octanol–water partition coefficient (Wildman–Crippen LogP) is 5.02. The van der Waals surface area contributed by atoms with Crippen molar-refractivity contribution in [1.29, 1.82) is 0 Å². The number of aromatic hydroxyl groups is 1. The zero-order chi connectivity index (χ0) is 17.0. The smallest absolute Gasteiger partial charge is 0.296 e. The highest BCUT2D eigenvalue weighted by atomic mass is 32.2. The van der Waals surface area contributed by atoms with Gasteiger partial charge in [0.15, 0.2) is 0 Å². The molecule has 0 bridgehead atoms. The zero-order valence-corrected chi connectivity index (χ0v) is 15.0. The second-order valence-corrected chi connectivity index (χ2v) is 7.57. The number of hydrogen-bond donors (Lipinski definition) is 1. The highest BCUT2D eigenvalue weighted by molar-refractivity contribution is 7.86. The van der Waals surface area contributed by atoms with Crippen LogP contribution in [0.15, 0.2) is 29.2 Å². The molecular formula is C18H30O4S. The minimum Gasteiger partial charge on any atom is -0.508 e. The Kier molecular flexibility index (Phi) is 9.96. The molecule has 0 aliphatic heterocycles. The molecule has 0 unspecified atom stereocenters. The summed E-state index contributed by atoms with van der Waals surface area (Å²) in [4.78, 5) is 0.0855. The molecule has 0 spiro atoms. The van der Waals surface area contributed by atoms with Gasteiger partial charge in [0.1, 0.15) is 5.75 Å². The van der Waals surface area contributed by atoms with E-state index in [2.05, 4.69) is 6.92 Å². The number of hydrogen-bond acceptors (Lipinski definition) is 4. The largest absolute Gasteiger partial charge is 0.508 e. The van der Waals surface area contributed by atoms with Crippen molar-refractivity contribution in [2.75, 3.05) is 6.61 Å². The lowest BCUT2D eigenvalue weighted by Gasteiger charge is -2.06. The number of unbranched alkanes of at least 4 members (excludes halogenated alkanes) is 9. The van der Waals surface area contributed by atoms with Crippen LogP contribution in [-0.2, 0) is 14.3 Å². The Bertz CT molecular complexity index is 508. The van der Waals surface area contributed by atoms with E-state index in [1.165, 1.54) is 69.2 Å². The molecule has 1 aromatic rings. The van der Waals surface area contributed by atoms with E-state index in [-0.39, 0.29) is 17.3 Å². The summed E-state index contributed by atoms with van der Waals surface area (Å²) in [6.45, 7) is 2.45. The summed E-state index contributed by atoms with van der Waals surface area (Å²) in [6.07, 6.45) is 12.0. The minimum atomic E-state index is -3.70. The second kappa shape index (κ2) is 11.5.